The minimum atomic E-state index is -4.92. The molecule has 0 bridgehead atoms. The summed E-state index contributed by atoms with van der Waals surface area (Å²) in [5.41, 5.74) is -2.53. The average molecular weight is 897 g/mol. The van der Waals surface area contributed by atoms with Crippen LogP contribution in [0.3, 0.4) is 0 Å². The van der Waals surface area contributed by atoms with E-state index in [4.69, 9.17) is 0 Å². The summed E-state index contributed by atoms with van der Waals surface area (Å²) >= 11 is 0. The van der Waals surface area contributed by atoms with Gasteiger partial charge in [0.1, 0.15) is 12.3 Å². The van der Waals surface area contributed by atoms with Gasteiger partial charge >= 0.3 is 12.4 Å². The Hall–Kier alpha value is -3.66. The van der Waals surface area contributed by atoms with E-state index in [0.717, 1.165) is 0 Å². The number of alkyl halides is 6. The summed E-state index contributed by atoms with van der Waals surface area (Å²) in [5, 5.41) is 6.06. The summed E-state index contributed by atoms with van der Waals surface area (Å²) in [6.07, 6.45) is -5.97. The number of hydrogen-bond donors (Lipinski definition) is 0. The normalized spacial score (nSPS) is 11.5. The topological polar surface area (TPSA) is 12.9 Å². The molecule has 0 aliphatic carbocycles. The van der Waals surface area contributed by atoms with Crippen molar-refractivity contribution in [2.45, 2.75) is 19.3 Å². The maximum absolute atomic E-state index is 12.7. The van der Waals surface area contributed by atoms with E-state index in [0.29, 0.717) is 11.6 Å². The molecule has 1 aromatic heterocycles. The minimum absolute atomic E-state index is 0. The van der Waals surface area contributed by atoms with E-state index in [2.05, 4.69) is 126 Å². The van der Waals surface area contributed by atoms with E-state index in [1.165, 1.54) is 45.8 Å². The van der Waals surface area contributed by atoms with Crippen molar-refractivity contribution < 1.29 is 46.4 Å². The van der Waals surface area contributed by atoms with Crippen LogP contribution in [0.4, 0.5) is 26.3 Å². The maximum Gasteiger partial charge on any atom is 0.399 e. The fourth-order valence-corrected chi connectivity index (χ4v) is 11.6. The number of nitrogens with zero attached hydrogens (tertiary/aromatic N) is 1. The van der Waals surface area contributed by atoms with Crippen LogP contribution in [0.5, 0.6) is 0 Å². The molecule has 0 aliphatic heterocycles. The molecule has 0 aliphatic rings. The molecule has 6 aromatic rings. The van der Waals surface area contributed by atoms with Gasteiger partial charge in [-0.2, -0.15) is 26.3 Å². The second-order valence-electron chi connectivity index (χ2n) is 11.3. The Bertz CT molecular complexity index is 1710. The molecule has 0 atom stereocenters. The summed E-state index contributed by atoms with van der Waals surface area (Å²) in [6, 6.07) is 50.1. The summed E-state index contributed by atoms with van der Waals surface area (Å²) in [5.74, 6) is 0. The number of pyridine rings is 1. The van der Waals surface area contributed by atoms with Crippen molar-refractivity contribution >= 4 is 37.1 Å². The van der Waals surface area contributed by atoms with Gasteiger partial charge in [-0.1, -0.05) is 84.4 Å². The zero-order valence-corrected chi connectivity index (χ0v) is 31.3. The minimum Gasteiger partial charge on any atom is -0.305 e. The Kier molecular flexibility index (Phi) is 14.1. The average Bonchev–Trinajstić information content (AvgIpc) is 3.11. The van der Waals surface area contributed by atoms with E-state index in [1.54, 1.807) is 13.0 Å². The number of hydrogen-bond acceptors (Lipinski definition) is 1. The van der Waals surface area contributed by atoms with Gasteiger partial charge in [0.15, 0.2) is 0 Å². The Morgan fingerprint density at radius 3 is 1.28 bits per heavy atom. The molecular weight excluding hydrogens is 863 g/mol. The van der Waals surface area contributed by atoms with Gasteiger partial charge in [-0.25, -0.2) is 0 Å². The molecule has 0 fully saturated rings. The molecule has 259 valence electrons. The van der Waals surface area contributed by atoms with Gasteiger partial charge in [0.2, 0.25) is 0 Å². The molecule has 10 heteroatoms. The van der Waals surface area contributed by atoms with Crippen LogP contribution in [-0.2, 0) is 32.5 Å². The summed E-state index contributed by atoms with van der Waals surface area (Å²) in [6.45, 7) is 1.66. The molecule has 1 radical (unpaired) electrons. The molecule has 0 amide bonds. The quantitative estimate of drug-likeness (QED) is 0.0844. The number of halogens is 6. The monoisotopic (exact) mass is 897 g/mol. The largest absolute Gasteiger partial charge is 0.399 e. The van der Waals surface area contributed by atoms with E-state index in [9.17, 15) is 26.3 Å². The van der Waals surface area contributed by atoms with Crippen molar-refractivity contribution in [1.29, 1.82) is 0 Å². The van der Waals surface area contributed by atoms with Crippen LogP contribution < -0.4 is 21.2 Å². The van der Waals surface area contributed by atoms with Crippen LogP contribution in [0.15, 0.2) is 152 Å². The summed E-state index contributed by atoms with van der Waals surface area (Å²) in [4.78, 5) is 3.79. The second-order valence-corrected chi connectivity index (χ2v) is 16.6. The molecule has 0 saturated heterocycles. The Balaban J connectivity index is 0.000000230. The molecular formula is C40H34F6IrNP2+. The molecule has 6 rings (SSSR count). The number of aromatic nitrogens is 1. The fraction of sp³-hybridized carbons (Fsp3) is 0.125. The number of aryl methyl sites for hydroxylation is 1. The van der Waals surface area contributed by atoms with Crippen LogP contribution in [0.1, 0.15) is 16.7 Å². The molecule has 0 unspecified atom stereocenters. The first-order chi connectivity index (χ1) is 23.5. The summed E-state index contributed by atoms with van der Waals surface area (Å²) < 4.78 is 76.3. The van der Waals surface area contributed by atoms with Gasteiger partial charge < -0.3 is 4.98 Å². The molecule has 1 nitrogen and oxygen atoms in total. The van der Waals surface area contributed by atoms with Gasteiger partial charge in [0.25, 0.3) is 0 Å². The van der Waals surface area contributed by atoms with Gasteiger partial charge in [0, 0.05) is 26.3 Å². The van der Waals surface area contributed by atoms with Gasteiger partial charge in [-0.15, -0.1) is 23.8 Å². The zero-order valence-electron chi connectivity index (χ0n) is 26.9. The smallest absolute Gasteiger partial charge is 0.305 e. The molecule has 0 saturated carbocycles. The van der Waals surface area contributed by atoms with Crippen LogP contribution in [0.2, 0.25) is 0 Å². The zero-order chi connectivity index (χ0) is 34.9. The predicted molar refractivity (Wildman–Crippen MR) is 194 cm³/mol. The third kappa shape index (κ3) is 10.9. The van der Waals surface area contributed by atoms with Gasteiger partial charge in [-0.05, 0) is 78.3 Å². The number of rotatable bonds is 8. The maximum atomic E-state index is 12.7. The molecule has 0 spiro atoms. The van der Waals surface area contributed by atoms with Crippen molar-refractivity contribution in [3.05, 3.63) is 175 Å². The standard InChI is InChI=1S/C26H24P2.C14H8F6N.Ir/c1-5-13-23(14-6-1)27(24-15-7-2-8-16-24)21-22-28(25-17-9-3-10-18-25)26-19-11-4-12-20-26;1-8-2-3-21-12(4-8)9-5-10(13(15,16)17)7-11(6-9)14(18,19)20;/h1-20H,21-22H2;2-5,7H,1H3;/q;-1;/p+2. The first-order valence-electron chi connectivity index (χ1n) is 15.6. The van der Waals surface area contributed by atoms with Gasteiger partial charge in [-0.3, -0.25) is 0 Å². The van der Waals surface area contributed by atoms with Crippen LogP contribution in [0.25, 0.3) is 11.3 Å². The fourth-order valence-electron chi connectivity index (χ4n) is 5.43. The van der Waals surface area contributed by atoms with Crippen molar-refractivity contribution in [3.8, 4) is 11.3 Å². The van der Waals surface area contributed by atoms with Crippen molar-refractivity contribution in [2.75, 3.05) is 12.3 Å². The third-order valence-corrected chi connectivity index (χ3v) is 13.9. The van der Waals surface area contributed by atoms with E-state index < -0.39 is 39.3 Å². The molecule has 0 N–H and O–H groups in total. The Morgan fingerprint density at radius 1 is 0.540 bits per heavy atom. The van der Waals surface area contributed by atoms with E-state index in [-0.39, 0.29) is 37.4 Å². The van der Waals surface area contributed by atoms with Gasteiger partial charge in [0.05, 0.1) is 37.1 Å². The molecule has 5 aromatic carbocycles. The van der Waals surface area contributed by atoms with E-state index >= 15 is 0 Å². The van der Waals surface area contributed by atoms with Crippen molar-refractivity contribution in [1.82, 2.24) is 4.98 Å². The van der Waals surface area contributed by atoms with Crippen LogP contribution in [-0.4, -0.2) is 17.3 Å². The van der Waals surface area contributed by atoms with E-state index in [1.807, 2.05) is 6.07 Å². The Morgan fingerprint density at radius 2 is 0.940 bits per heavy atom. The van der Waals surface area contributed by atoms with Crippen molar-refractivity contribution in [2.24, 2.45) is 0 Å². The predicted octanol–water partition coefficient (Wildman–Crippen LogP) is 9.61. The molecule has 50 heavy (non-hydrogen) atoms. The first kappa shape index (κ1) is 39.1. The van der Waals surface area contributed by atoms with Crippen LogP contribution in [0, 0.1) is 13.0 Å². The molecule has 1 heterocycles. The first-order valence-corrected chi connectivity index (χ1v) is 19.0. The second kappa shape index (κ2) is 18.0. The third-order valence-electron chi connectivity index (χ3n) is 7.81. The number of benzene rings is 5. The SMILES string of the molecule is Cc1ccnc(-c2[c-]c(C(F)(F)F)cc(C(F)(F)F)c2)c1.[Ir].c1ccc([PH+](CC[PH+](c2ccccc2)c2ccccc2)c2ccccc2)cc1. The van der Waals surface area contributed by atoms with Crippen LogP contribution >= 0.6 is 15.8 Å². The van der Waals surface area contributed by atoms with Crippen molar-refractivity contribution in [3.63, 3.8) is 0 Å². The Labute approximate surface area is 304 Å². The summed E-state index contributed by atoms with van der Waals surface area (Å²) in [7, 11) is -1.57.